The monoisotopic (exact) mass is 271 g/mol. The highest BCUT2D eigenvalue weighted by Gasteiger charge is 2.31. The molecule has 1 aromatic carbocycles. The first kappa shape index (κ1) is 14.9. The topological polar surface area (TPSA) is 38.3 Å². The number of halogens is 3. The highest BCUT2D eigenvalue weighted by molar-refractivity contribution is 5.72. The summed E-state index contributed by atoms with van der Waals surface area (Å²) in [6.45, 7) is 1.73. The van der Waals surface area contributed by atoms with E-state index in [0.717, 1.165) is 0 Å². The van der Waals surface area contributed by atoms with Gasteiger partial charge in [0.05, 0.1) is 5.56 Å². The zero-order valence-electron chi connectivity index (χ0n) is 10.2. The van der Waals surface area contributed by atoms with Gasteiger partial charge in [0.15, 0.2) is 0 Å². The van der Waals surface area contributed by atoms with Gasteiger partial charge in [0.2, 0.25) is 5.91 Å². The summed E-state index contributed by atoms with van der Waals surface area (Å²) < 4.78 is 40.3. The predicted octanol–water partition coefficient (Wildman–Crippen LogP) is 2.46. The van der Waals surface area contributed by atoms with Gasteiger partial charge in [-0.15, -0.1) is 13.2 Å². The van der Waals surface area contributed by atoms with Crippen molar-refractivity contribution in [2.75, 3.05) is 6.54 Å². The average molecular weight is 271 g/mol. The number of hydrogen-bond acceptors (Lipinski definition) is 2. The Hall–Kier alpha value is -2.16. The third-order valence-corrected chi connectivity index (χ3v) is 1.96. The van der Waals surface area contributed by atoms with Gasteiger partial charge in [0.25, 0.3) is 0 Å². The number of nitrogens with one attached hydrogen (secondary N) is 1. The number of para-hydroxylation sites is 1. The van der Waals surface area contributed by atoms with E-state index in [1.165, 1.54) is 25.1 Å². The predicted molar refractivity (Wildman–Crippen MR) is 63.3 cm³/mol. The molecule has 0 atom stereocenters. The Kier molecular flexibility index (Phi) is 5.24. The normalized spacial score (nSPS) is 10.3. The zero-order chi connectivity index (χ0) is 14.3. The van der Waals surface area contributed by atoms with Gasteiger partial charge in [-0.25, -0.2) is 0 Å². The van der Waals surface area contributed by atoms with Crippen LogP contribution in [0, 0.1) is 11.8 Å². The van der Waals surface area contributed by atoms with Crippen molar-refractivity contribution in [2.24, 2.45) is 0 Å². The molecule has 19 heavy (non-hydrogen) atoms. The van der Waals surface area contributed by atoms with E-state index >= 15 is 0 Å². The molecular weight excluding hydrogens is 259 g/mol. The van der Waals surface area contributed by atoms with E-state index in [2.05, 4.69) is 21.9 Å². The lowest BCUT2D eigenvalue weighted by Gasteiger charge is -2.09. The SMILES string of the molecule is CC(=O)NCCC#Cc1ccccc1OC(F)(F)F. The van der Waals surface area contributed by atoms with E-state index in [4.69, 9.17) is 0 Å². The van der Waals surface area contributed by atoms with Crippen LogP contribution in [0.15, 0.2) is 24.3 Å². The molecule has 1 N–H and O–H groups in total. The van der Waals surface area contributed by atoms with E-state index in [1.54, 1.807) is 6.07 Å². The van der Waals surface area contributed by atoms with E-state index in [1.807, 2.05) is 0 Å². The van der Waals surface area contributed by atoms with E-state index < -0.39 is 6.36 Å². The molecular formula is C13H12F3NO2. The third kappa shape index (κ3) is 6.36. The van der Waals surface area contributed by atoms with Crippen LogP contribution in [0.25, 0.3) is 0 Å². The van der Waals surface area contributed by atoms with Crippen molar-refractivity contribution in [3.8, 4) is 17.6 Å². The summed E-state index contributed by atoms with van der Waals surface area (Å²) in [6, 6.07) is 5.64. The van der Waals surface area contributed by atoms with Crippen LogP contribution in [0.2, 0.25) is 0 Å². The molecule has 1 amide bonds. The minimum atomic E-state index is -4.74. The van der Waals surface area contributed by atoms with Crippen molar-refractivity contribution in [3.63, 3.8) is 0 Å². The van der Waals surface area contributed by atoms with Gasteiger partial charge < -0.3 is 10.1 Å². The fourth-order valence-corrected chi connectivity index (χ4v) is 1.24. The van der Waals surface area contributed by atoms with Gasteiger partial charge in [-0.05, 0) is 12.1 Å². The summed E-state index contributed by atoms with van der Waals surface area (Å²) >= 11 is 0. The molecule has 0 radical (unpaired) electrons. The van der Waals surface area contributed by atoms with E-state index in [9.17, 15) is 18.0 Å². The number of carbonyl (C=O) groups excluding carboxylic acids is 1. The molecule has 6 heteroatoms. The van der Waals surface area contributed by atoms with Crippen LogP contribution in [0.5, 0.6) is 5.75 Å². The molecule has 0 unspecified atom stereocenters. The Morgan fingerprint density at radius 1 is 1.37 bits per heavy atom. The first-order valence-corrected chi connectivity index (χ1v) is 5.46. The standard InChI is InChI=1S/C13H12F3NO2/c1-10(18)17-9-5-4-7-11-6-2-3-8-12(11)19-13(14,15)16/h2-3,6,8H,5,9H2,1H3,(H,17,18). The maximum absolute atomic E-state index is 12.1. The molecule has 1 rings (SSSR count). The summed E-state index contributed by atoms with van der Waals surface area (Å²) in [5.41, 5.74) is 0.155. The minimum absolute atomic E-state index is 0.155. The molecule has 3 nitrogen and oxygen atoms in total. The van der Waals surface area contributed by atoms with Gasteiger partial charge >= 0.3 is 6.36 Å². The summed E-state index contributed by atoms with van der Waals surface area (Å²) in [5, 5.41) is 2.53. The molecule has 1 aromatic rings. The molecule has 0 saturated carbocycles. The number of benzene rings is 1. The maximum atomic E-state index is 12.1. The molecule has 0 fully saturated rings. The Morgan fingerprint density at radius 3 is 2.68 bits per heavy atom. The Labute approximate surface area is 108 Å². The second kappa shape index (κ2) is 6.69. The first-order valence-electron chi connectivity index (χ1n) is 5.46. The summed E-state index contributed by atoms with van der Waals surface area (Å²) in [6.07, 6.45) is -4.39. The molecule has 0 spiro atoms. The quantitative estimate of drug-likeness (QED) is 0.677. The minimum Gasteiger partial charge on any atom is -0.404 e. The Morgan fingerprint density at radius 2 is 2.05 bits per heavy atom. The number of amides is 1. The van der Waals surface area contributed by atoms with Crippen molar-refractivity contribution in [1.82, 2.24) is 5.32 Å². The van der Waals surface area contributed by atoms with Gasteiger partial charge in [-0.3, -0.25) is 4.79 Å². The molecule has 0 aliphatic carbocycles. The maximum Gasteiger partial charge on any atom is 0.573 e. The molecule has 0 saturated heterocycles. The average Bonchev–Trinajstić information content (AvgIpc) is 2.28. The zero-order valence-corrected chi connectivity index (χ0v) is 10.2. The van der Waals surface area contributed by atoms with E-state index in [-0.39, 0.29) is 17.2 Å². The van der Waals surface area contributed by atoms with Gasteiger partial charge in [-0.2, -0.15) is 0 Å². The number of hydrogen-bond donors (Lipinski definition) is 1. The van der Waals surface area contributed by atoms with Crippen molar-refractivity contribution < 1.29 is 22.7 Å². The van der Waals surface area contributed by atoms with E-state index in [0.29, 0.717) is 13.0 Å². The molecule has 0 aromatic heterocycles. The van der Waals surface area contributed by atoms with Crippen molar-refractivity contribution in [3.05, 3.63) is 29.8 Å². The van der Waals surface area contributed by atoms with Crippen LogP contribution >= 0.6 is 0 Å². The van der Waals surface area contributed by atoms with Crippen LogP contribution < -0.4 is 10.1 Å². The lowest BCUT2D eigenvalue weighted by atomic mass is 10.2. The first-order chi connectivity index (χ1) is 8.88. The summed E-state index contributed by atoms with van der Waals surface area (Å²) in [5.74, 6) is 4.74. The lowest BCUT2D eigenvalue weighted by molar-refractivity contribution is -0.274. The smallest absolute Gasteiger partial charge is 0.404 e. The summed E-state index contributed by atoms with van der Waals surface area (Å²) in [7, 11) is 0. The van der Waals surface area contributed by atoms with Crippen LogP contribution in [-0.2, 0) is 4.79 Å². The van der Waals surface area contributed by atoms with Crippen LogP contribution in [0.3, 0.4) is 0 Å². The fraction of sp³-hybridized carbons (Fsp3) is 0.308. The number of carbonyl (C=O) groups is 1. The third-order valence-electron chi connectivity index (χ3n) is 1.96. The number of alkyl halides is 3. The Balaban J connectivity index is 2.68. The Bertz CT molecular complexity index is 501. The van der Waals surface area contributed by atoms with Gasteiger partial charge in [0.1, 0.15) is 5.75 Å². The van der Waals surface area contributed by atoms with Crippen molar-refractivity contribution >= 4 is 5.91 Å². The lowest BCUT2D eigenvalue weighted by Crippen LogP contribution is -2.20. The fourth-order valence-electron chi connectivity index (χ4n) is 1.24. The molecule has 0 aliphatic rings. The van der Waals surface area contributed by atoms with Crippen molar-refractivity contribution in [1.29, 1.82) is 0 Å². The molecule has 0 heterocycles. The second-order valence-electron chi connectivity index (χ2n) is 3.58. The van der Waals surface area contributed by atoms with Crippen molar-refractivity contribution in [2.45, 2.75) is 19.7 Å². The summed E-state index contributed by atoms with van der Waals surface area (Å²) in [4.78, 5) is 10.6. The number of ether oxygens (including phenoxy) is 1. The van der Waals surface area contributed by atoms with Crippen LogP contribution in [0.4, 0.5) is 13.2 Å². The molecule has 102 valence electrons. The highest BCUT2D eigenvalue weighted by atomic mass is 19.4. The van der Waals surface area contributed by atoms with Gasteiger partial charge in [-0.1, -0.05) is 24.0 Å². The van der Waals surface area contributed by atoms with Gasteiger partial charge in [0, 0.05) is 19.9 Å². The highest BCUT2D eigenvalue weighted by Crippen LogP contribution is 2.25. The second-order valence-corrected chi connectivity index (χ2v) is 3.58. The molecule has 0 aliphatic heterocycles. The molecule has 0 bridgehead atoms. The van der Waals surface area contributed by atoms with Crippen LogP contribution in [0.1, 0.15) is 18.9 Å². The number of rotatable bonds is 3. The largest absolute Gasteiger partial charge is 0.573 e. The van der Waals surface area contributed by atoms with Crippen LogP contribution in [-0.4, -0.2) is 18.8 Å².